The molecule has 20 heavy (non-hydrogen) atoms. The van der Waals surface area contributed by atoms with Crippen molar-refractivity contribution in [3.05, 3.63) is 53.5 Å². The molecule has 106 valence electrons. The van der Waals surface area contributed by atoms with Gasteiger partial charge in [0, 0.05) is 5.69 Å². The summed E-state index contributed by atoms with van der Waals surface area (Å²) in [5.74, 6) is -0.483. The molecule has 0 bridgehead atoms. The summed E-state index contributed by atoms with van der Waals surface area (Å²) in [6.07, 6.45) is 0. The number of furan rings is 1. The predicted octanol–water partition coefficient (Wildman–Crippen LogP) is 3.89. The minimum atomic E-state index is -1.05. The first-order valence-electron chi connectivity index (χ1n) is 6.53. The highest BCUT2D eigenvalue weighted by Gasteiger charge is 2.17. The van der Waals surface area contributed by atoms with Crippen LogP contribution in [0.3, 0.4) is 0 Å². The minimum Gasteiger partial charge on any atom is -0.475 e. The average molecular weight is 273 g/mol. The quantitative estimate of drug-likeness (QED) is 0.887. The van der Waals surface area contributed by atoms with E-state index in [1.807, 2.05) is 18.2 Å². The standard InChI is InChI=1S/C16H19NO3/c1-16(2,3)12-6-4-5-7-13(12)17-10-11-8-9-14(20-11)15(18)19/h4-9,17H,10H2,1-3H3,(H,18,19). The van der Waals surface area contributed by atoms with E-state index in [4.69, 9.17) is 9.52 Å². The van der Waals surface area contributed by atoms with Crippen LogP contribution in [-0.2, 0) is 12.0 Å². The van der Waals surface area contributed by atoms with Crippen LogP contribution < -0.4 is 5.32 Å². The number of carboxylic acids is 1. The summed E-state index contributed by atoms with van der Waals surface area (Å²) in [7, 11) is 0. The number of para-hydroxylation sites is 1. The van der Waals surface area contributed by atoms with Gasteiger partial charge in [-0.05, 0) is 29.2 Å². The van der Waals surface area contributed by atoms with Crippen molar-refractivity contribution in [3.63, 3.8) is 0 Å². The first-order valence-corrected chi connectivity index (χ1v) is 6.53. The maximum atomic E-state index is 10.8. The molecular weight excluding hydrogens is 254 g/mol. The van der Waals surface area contributed by atoms with E-state index >= 15 is 0 Å². The van der Waals surface area contributed by atoms with Crippen molar-refractivity contribution >= 4 is 11.7 Å². The molecule has 0 unspecified atom stereocenters. The molecule has 2 rings (SSSR count). The Hall–Kier alpha value is -2.23. The summed E-state index contributed by atoms with van der Waals surface area (Å²) in [4.78, 5) is 10.8. The van der Waals surface area contributed by atoms with Crippen molar-refractivity contribution in [2.75, 3.05) is 5.32 Å². The van der Waals surface area contributed by atoms with Gasteiger partial charge in [-0.1, -0.05) is 39.0 Å². The Labute approximate surface area is 118 Å². The van der Waals surface area contributed by atoms with Gasteiger partial charge in [-0.15, -0.1) is 0 Å². The lowest BCUT2D eigenvalue weighted by molar-refractivity contribution is 0.0660. The van der Waals surface area contributed by atoms with Gasteiger partial charge < -0.3 is 14.8 Å². The molecule has 1 aromatic carbocycles. The van der Waals surface area contributed by atoms with Gasteiger partial charge in [-0.25, -0.2) is 4.79 Å². The summed E-state index contributed by atoms with van der Waals surface area (Å²) in [5, 5.41) is 12.1. The number of aromatic carboxylic acids is 1. The number of hydrogen-bond acceptors (Lipinski definition) is 3. The van der Waals surface area contributed by atoms with Crippen LogP contribution in [0.25, 0.3) is 0 Å². The van der Waals surface area contributed by atoms with Gasteiger partial charge in [-0.3, -0.25) is 0 Å². The minimum absolute atomic E-state index is 0.0362. The van der Waals surface area contributed by atoms with E-state index in [1.165, 1.54) is 11.6 Å². The lowest BCUT2D eigenvalue weighted by Crippen LogP contribution is -2.14. The molecule has 0 saturated heterocycles. The molecule has 0 aliphatic heterocycles. The molecule has 0 aliphatic carbocycles. The Bertz CT molecular complexity index is 608. The Morgan fingerprint density at radius 3 is 2.50 bits per heavy atom. The van der Waals surface area contributed by atoms with E-state index in [9.17, 15) is 4.79 Å². The topological polar surface area (TPSA) is 62.5 Å². The number of nitrogens with one attached hydrogen (secondary N) is 1. The third-order valence-corrected chi connectivity index (χ3v) is 3.06. The molecule has 0 amide bonds. The van der Waals surface area contributed by atoms with Crippen LogP contribution in [0.15, 0.2) is 40.8 Å². The average Bonchev–Trinajstić information content (AvgIpc) is 2.84. The molecule has 4 heteroatoms. The number of rotatable bonds is 4. The van der Waals surface area contributed by atoms with E-state index in [-0.39, 0.29) is 11.2 Å². The van der Waals surface area contributed by atoms with E-state index < -0.39 is 5.97 Å². The first-order chi connectivity index (χ1) is 9.38. The van der Waals surface area contributed by atoms with Gasteiger partial charge in [0.05, 0.1) is 6.54 Å². The highest BCUT2D eigenvalue weighted by atomic mass is 16.4. The van der Waals surface area contributed by atoms with Crippen molar-refractivity contribution < 1.29 is 14.3 Å². The monoisotopic (exact) mass is 273 g/mol. The Balaban J connectivity index is 2.13. The molecule has 0 aliphatic rings. The summed E-state index contributed by atoms with van der Waals surface area (Å²) in [6, 6.07) is 11.2. The fourth-order valence-corrected chi connectivity index (χ4v) is 2.06. The maximum Gasteiger partial charge on any atom is 0.371 e. The second-order valence-electron chi connectivity index (χ2n) is 5.72. The lowest BCUT2D eigenvalue weighted by Gasteiger charge is -2.23. The van der Waals surface area contributed by atoms with Crippen LogP contribution in [0.2, 0.25) is 0 Å². The molecule has 0 radical (unpaired) electrons. The molecule has 0 saturated carbocycles. The molecule has 2 N–H and O–H groups in total. The van der Waals surface area contributed by atoms with E-state index in [2.05, 4.69) is 32.2 Å². The third-order valence-electron chi connectivity index (χ3n) is 3.06. The van der Waals surface area contributed by atoms with Gasteiger partial charge in [0.1, 0.15) is 5.76 Å². The van der Waals surface area contributed by atoms with Gasteiger partial charge in [-0.2, -0.15) is 0 Å². The molecule has 1 heterocycles. The summed E-state index contributed by atoms with van der Waals surface area (Å²) >= 11 is 0. The summed E-state index contributed by atoms with van der Waals surface area (Å²) < 4.78 is 5.23. The van der Waals surface area contributed by atoms with Crippen molar-refractivity contribution in [1.82, 2.24) is 0 Å². The van der Waals surface area contributed by atoms with Crippen LogP contribution in [0.5, 0.6) is 0 Å². The fourth-order valence-electron chi connectivity index (χ4n) is 2.06. The van der Waals surface area contributed by atoms with Crippen LogP contribution >= 0.6 is 0 Å². The Kier molecular flexibility index (Phi) is 3.84. The SMILES string of the molecule is CC(C)(C)c1ccccc1NCc1ccc(C(=O)O)o1. The molecule has 1 aromatic heterocycles. The van der Waals surface area contributed by atoms with E-state index in [0.29, 0.717) is 12.3 Å². The largest absolute Gasteiger partial charge is 0.475 e. The Morgan fingerprint density at radius 1 is 1.20 bits per heavy atom. The summed E-state index contributed by atoms with van der Waals surface area (Å²) in [5.41, 5.74) is 2.29. The van der Waals surface area contributed by atoms with Gasteiger partial charge in [0.2, 0.25) is 5.76 Å². The van der Waals surface area contributed by atoms with Gasteiger partial charge in [0.15, 0.2) is 0 Å². The number of carbonyl (C=O) groups is 1. The zero-order chi connectivity index (χ0) is 14.8. The Morgan fingerprint density at radius 2 is 1.90 bits per heavy atom. The number of anilines is 1. The van der Waals surface area contributed by atoms with E-state index in [1.54, 1.807) is 6.07 Å². The second-order valence-corrected chi connectivity index (χ2v) is 5.72. The van der Waals surface area contributed by atoms with Gasteiger partial charge in [0.25, 0.3) is 0 Å². The third kappa shape index (κ3) is 3.20. The number of hydrogen-bond donors (Lipinski definition) is 2. The zero-order valence-electron chi connectivity index (χ0n) is 11.9. The molecule has 0 fully saturated rings. The normalized spacial score (nSPS) is 11.3. The van der Waals surface area contributed by atoms with Crippen LogP contribution in [0, 0.1) is 0 Å². The molecule has 0 atom stereocenters. The first kappa shape index (κ1) is 14.2. The molecule has 0 spiro atoms. The lowest BCUT2D eigenvalue weighted by atomic mass is 9.86. The number of carboxylic acid groups (broad SMARTS) is 1. The van der Waals surface area contributed by atoms with Crippen LogP contribution in [0.1, 0.15) is 42.6 Å². The predicted molar refractivity (Wildman–Crippen MR) is 78.1 cm³/mol. The highest BCUT2D eigenvalue weighted by molar-refractivity contribution is 5.84. The van der Waals surface area contributed by atoms with Crippen LogP contribution in [0.4, 0.5) is 5.69 Å². The zero-order valence-corrected chi connectivity index (χ0v) is 11.9. The van der Waals surface area contributed by atoms with Crippen molar-refractivity contribution in [1.29, 1.82) is 0 Å². The van der Waals surface area contributed by atoms with E-state index in [0.717, 1.165) is 5.69 Å². The molecule has 4 nitrogen and oxygen atoms in total. The van der Waals surface area contributed by atoms with Crippen molar-refractivity contribution in [2.24, 2.45) is 0 Å². The second kappa shape index (κ2) is 5.41. The van der Waals surface area contributed by atoms with Gasteiger partial charge >= 0.3 is 5.97 Å². The molecule has 2 aromatic rings. The van der Waals surface area contributed by atoms with Crippen molar-refractivity contribution in [2.45, 2.75) is 32.7 Å². The number of benzene rings is 1. The molecular formula is C16H19NO3. The fraction of sp³-hybridized carbons (Fsp3) is 0.312. The maximum absolute atomic E-state index is 10.8. The highest BCUT2D eigenvalue weighted by Crippen LogP contribution is 2.29. The van der Waals surface area contributed by atoms with Crippen LogP contribution in [-0.4, -0.2) is 11.1 Å². The smallest absolute Gasteiger partial charge is 0.371 e. The van der Waals surface area contributed by atoms with Crippen molar-refractivity contribution in [3.8, 4) is 0 Å². The summed E-state index contributed by atoms with van der Waals surface area (Å²) in [6.45, 7) is 6.93.